The number of hydrogen-bond donors (Lipinski definition) is 3. The van der Waals surface area contributed by atoms with E-state index in [0.29, 0.717) is 17.8 Å². The van der Waals surface area contributed by atoms with Gasteiger partial charge in [-0.25, -0.2) is 0 Å². The molecule has 1 heterocycles. The first-order valence-corrected chi connectivity index (χ1v) is 7.73. The lowest BCUT2D eigenvalue weighted by Gasteiger charge is -2.05. The molecule has 3 aromatic rings. The van der Waals surface area contributed by atoms with Crippen LogP contribution < -0.4 is 5.32 Å². The van der Waals surface area contributed by atoms with Crippen molar-refractivity contribution in [2.45, 2.75) is 6.42 Å². The molecule has 0 radical (unpaired) electrons. The zero-order valence-electron chi connectivity index (χ0n) is 11.7. The molecule has 112 valence electrons. The van der Waals surface area contributed by atoms with Crippen LogP contribution in [0.3, 0.4) is 0 Å². The lowest BCUT2D eigenvalue weighted by molar-refractivity contribution is 0.0958. The SMILES string of the molecule is O=C(NCCc1ccc(O)c(O)c1)c1cc2ccccc2s1. The second-order valence-corrected chi connectivity index (χ2v) is 6.06. The van der Waals surface area contributed by atoms with Gasteiger partial charge in [0, 0.05) is 11.2 Å². The van der Waals surface area contributed by atoms with Gasteiger partial charge in [0.1, 0.15) is 0 Å². The molecule has 0 saturated carbocycles. The van der Waals surface area contributed by atoms with Crippen molar-refractivity contribution < 1.29 is 15.0 Å². The van der Waals surface area contributed by atoms with E-state index in [-0.39, 0.29) is 17.4 Å². The molecule has 3 rings (SSSR count). The lowest BCUT2D eigenvalue weighted by Crippen LogP contribution is -2.24. The van der Waals surface area contributed by atoms with Crippen LogP contribution in [0.25, 0.3) is 10.1 Å². The summed E-state index contributed by atoms with van der Waals surface area (Å²) in [7, 11) is 0. The van der Waals surface area contributed by atoms with Gasteiger partial charge in [-0.05, 0) is 41.6 Å². The van der Waals surface area contributed by atoms with E-state index in [9.17, 15) is 15.0 Å². The van der Waals surface area contributed by atoms with Gasteiger partial charge >= 0.3 is 0 Å². The van der Waals surface area contributed by atoms with Crippen molar-refractivity contribution in [3.8, 4) is 11.5 Å². The van der Waals surface area contributed by atoms with Gasteiger partial charge < -0.3 is 15.5 Å². The summed E-state index contributed by atoms with van der Waals surface area (Å²) in [5.74, 6) is -0.379. The normalized spacial score (nSPS) is 10.7. The molecule has 0 spiro atoms. The highest BCUT2D eigenvalue weighted by Gasteiger charge is 2.09. The standard InChI is InChI=1S/C17H15NO3S/c19-13-6-5-11(9-14(13)20)7-8-18-17(21)16-10-12-3-1-2-4-15(12)22-16/h1-6,9-10,19-20H,7-8H2,(H,18,21). The average molecular weight is 313 g/mol. The molecule has 0 aliphatic rings. The van der Waals surface area contributed by atoms with Gasteiger partial charge in [-0.1, -0.05) is 24.3 Å². The Balaban J connectivity index is 1.61. The van der Waals surface area contributed by atoms with Crippen LogP contribution in [0.4, 0.5) is 0 Å². The fraction of sp³-hybridized carbons (Fsp3) is 0.118. The number of thiophene rings is 1. The van der Waals surface area contributed by atoms with Crippen molar-refractivity contribution >= 4 is 27.3 Å². The number of aromatic hydroxyl groups is 2. The molecule has 22 heavy (non-hydrogen) atoms. The van der Waals surface area contributed by atoms with Crippen LogP contribution in [0.1, 0.15) is 15.2 Å². The number of phenolic OH excluding ortho intramolecular Hbond substituents is 2. The number of carbonyl (C=O) groups excluding carboxylic acids is 1. The van der Waals surface area contributed by atoms with Gasteiger partial charge in [-0.3, -0.25) is 4.79 Å². The molecule has 0 bridgehead atoms. The Labute approximate surface area is 131 Å². The highest BCUT2D eigenvalue weighted by Crippen LogP contribution is 2.26. The Hall–Kier alpha value is -2.53. The molecular formula is C17H15NO3S. The summed E-state index contributed by atoms with van der Waals surface area (Å²) in [6.07, 6.45) is 0.588. The Bertz CT molecular complexity index is 793. The van der Waals surface area contributed by atoms with E-state index in [2.05, 4.69) is 5.32 Å². The fourth-order valence-electron chi connectivity index (χ4n) is 2.23. The second-order valence-electron chi connectivity index (χ2n) is 4.98. The maximum atomic E-state index is 12.1. The molecule has 0 atom stereocenters. The van der Waals surface area contributed by atoms with E-state index < -0.39 is 0 Å². The molecule has 0 saturated heterocycles. The number of fused-ring (bicyclic) bond motifs is 1. The third kappa shape index (κ3) is 3.04. The Morgan fingerprint density at radius 2 is 1.86 bits per heavy atom. The molecule has 0 fully saturated rings. The summed E-state index contributed by atoms with van der Waals surface area (Å²) in [4.78, 5) is 12.8. The number of hydrogen-bond acceptors (Lipinski definition) is 4. The van der Waals surface area contributed by atoms with E-state index in [1.807, 2.05) is 30.3 Å². The van der Waals surface area contributed by atoms with Crippen molar-refractivity contribution in [1.82, 2.24) is 5.32 Å². The molecule has 5 heteroatoms. The minimum Gasteiger partial charge on any atom is -0.504 e. The Kier molecular flexibility index (Phi) is 3.98. The number of nitrogens with one attached hydrogen (secondary N) is 1. The molecule has 2 aromatic carbocycles. The Morgan fingerprint density at radius 1 is 1.05 bits per heavy atom. The zero-order valence-corrected chi connectivity index (χ0v) is 12.6. The summed E-state index contributed by atoms with van der Waals surface area (Å²) in [5, 5.41) is 22.6. The van der Waals surface area contributed by atoms with Gasteiger partial charge in [0.15, 0.2) is 11.5 Å². The largest absolute Gasteiger partial charge is 0.504 e. The summed E-state index contributed by atoms with van der Waals surface area (Å²) in [6, 6.07) is 14.4. The van der Waals surface area contributed by atoms with Crippen molar-refractivity contribution in [2.75, 3.05) is 6.54 Å². The van der Waals surface area contributed by atoms with E-state index in [1.165, 1.54) is 23.5 Å². The molecule has 0 unspecified atom stereocenters. The quantitative estimate of drug-likeness (QED) is 0.647. The van der Waals surface area contributed by atoms with Crippen LogP contribution in [0.15, 0.2) is 48.5 Å². The maximum Gasteiger partial charge on any atom is 0.261 e. The van der Waals surface area contributed by atoms with Gasteiger partial charge in [0.2, 0.25) is 0 Å². The van der Waals surface area contributed by atoms with Crippen molar-refractivity contribution in [2.24, 2.45) is 0 Å². The number of benzene rings is 2. The minimum atomic E-state index is -0.145. The van der Waals surface area contributed by atoms with E-state index in [1.54, 1.807) is 6.07 Å². The number of rotatable bonds is 4. The smallest absolute Gasteiger partial charge is 0.261 e. The van der Waals surface area contributed by atoms with Crippen molar-refractivity contribution in [1.29, 1.82) is 0 Å². The van der Waals surface area contributed by atoms with Gasteiger partial charge in [0.05, 0.1) is 4.88 Å². The number of phenols is 2. The van der Waals surface area contributed by atoms with Crippen LogP contribution in [0.2, 0.25) is 0 Å². The van der Waals surface area contributed by atoms with Gasteiger partial charge in [-0.2, -0.15) is 0 Å². The fourth-order valence-corrected chi connectivity index (χ4v) is 3.20. The van der Waals surface area contributed by atoms with Crippen molar-refractivity contribution in [3.63, 3.8) is 0 Å². The predicted molar refractivity (Wildman–Crippen MR) is 87.6 cm³/mol. The molecule has 4 nitrogen and oxygen atoms in total. The van der Waals surface area contributed by atoms with E-state index in [0.717, 1.165) is 15.6 Å². The topological polar surface area (TPSA) is 69.6 Å². The average Bonchev–Trinajstić information content (AvgIpc) is 2.95. The van der Waals surface area contributed by atoms with Crippen LogP contribution in [0, 0.1) is 0 Å². The van der Waals surface area contributed by atoms with Crippen LogP contribution in [0.5, 0.6) is 11.5 Å². The highest BCUT2D eigenvalue weighted by atomic mass is 32.1. The first kappa shape index (κ1) is 14.4. The van der Waals surface area contributed by atoms with E-state index >= 15 is 0 Å². The molecule has 0 aliphatic heterocycles. The molecular weight excluding hydrogens is 298 g/mol. The zero-order chi connectivity index (χ0) is 15.5. The van der Waals surface area contributed by atoms with Crippen molar-refractivity contribution in [3.05, 3.63) is 59.0 Å². The summed E-state index contributed by atoms with van der Waals surface area (Å²) >= 11 is 1.47. The summed E-state index contributed by atoms with van der Waals surface area (Å²) in [5.41, 5.74) is 0.854. The number of carbonyl (C=O) groups is 1. The second kappa shape index (κ2) is 6.07. The number of amides is 1. The first-order chi connectivity index (χ1) is 10.6. The van der Waals surface area contributed by atoms with Gasteiger partial charge in [0.25, 0.3) is 5.91 Å². The van der Waals surface area contributed by atoms with Crippen LogP contribution in [-0.2, 0) is 6.42 Å². The first-order valence-electron chi connectivity index (χ1n) is 6.91. The highest BCUT2D eigenvalue weighted by molar-refractivity contribution is 7.20. The lowest BCUT2D eigenvalue weighted by atomic mass is 10.1. The molecule has 1 aromatic heterocycles. The minimum absolute atomic E-state index is 0.0933. The summed E-state index contributed by atoms with van der Waals surface area (Å²) < 4.78 is 1.09. The molecule has 0 aliphatic carbocycles. The molecule has 3 N–H and O–H groups in total. The summed E-state index contributed by atoms with van der Waals surface area (Å²) in [6.45, 7) is 0.470. The monoisotopic (exact) mass is 313 g/mol. The molecule has 1 amide bonds. The maximum absolute atomic E-state index is 12.1. The van der Waals surface area contributed by atoms with Gasteiger partial charge in [-0.15, -0.1) is 11.3 Å². The third-order valence-corrected chi connectivity index (χ3v) is 4.50. The van der Waals surface area contributed by atoms with E-state index in [4.69, 9.17) is 0 Å². The third-order valence-electron chi connectivity index (χ3n) is 3.39. The van der Waals surface area contributed by atoms with Crippen LogP contribution >= 0.6 is 11.3 Å². The predicted octanol–water partition coefficient (Wildman–Crippen LogP) is 3.29. The Morgan fingerprint density at radius 3 is 2.64 bits per heavy atom. The van der Waals surface area contributed by atoms with Crippen LogP contribution in [-0.4, -0.2) is 22.7 Å².